The molecule has 1 fully saturated rings. The van der Waals surface area contributed by atoms with Gasteiger partial charge in [-0.25, -0.2) is 16.8 Å². The number of nitrogens with zero attached hydrogens (tertiary/aromatic N) is 1. The van der Waals surface area contributed by atoms with E-state index in [1.165, 1.54) is 6.92 Å². The van der Waals surface area contributed by atoms with Gasteiger partial charge in [-0.3, -0.25) is 4.79 Å². The molecular formula is C9H17NO7S2. The summed E-state index contributed by atoms with van der Waals surface area (Å²) in [6.45, 7) is 1.39. The lowest BCUT2D eigenvalue weighted by Crippen LogP contribution is -2.47. The monoisotopic (exact) mass is 315 g/mol. The Morgan fingerprint density at radius 1 is 1.32 bits per heavy atom. The first-order chi connectivity index (χ1) is 8.58. The Balaban J connectivity index is 3.03. The first kappa shape index (κ1) is 16.3. The van der Waals surface area contributed by atoms with Gasteiger partial charge in [0, 0.05) is 12.8 Å². The highest BCUT2D eigenvalue weighted by Crippen LogP contribution is 2.23. The van der Waals surface area contributed by atoms with Crippen LogP contribution in [0, 0.1) is 5.92 Å². The second-order valence-electron chi connectivity index (χ2n) is 4.41. The number of carboxylic acid groups (broad SMARTS) is 1. The maximum absolute atomic E-state index is 12.0. The van der Waals surface area contributed by atoms with Crippen molar-refractivity contribution in [3.05, 3.63) is 0 Å². The van der Waals surface area contributed by atoms with Crippen LogP contribution in [0.5, 0.6) is 0 Å². The lowest BCUT2D eigenvalue weighted by atomic mass is 10.0. The van der Waals surface area contributed by atoms with Gasteiger partial charge < -0.3 is 9.84 Å². The van der Waals surface area contributed by atoms with Gasteiger partial charge >= 0.3 is 5.97 Å². The minimum atomic E-state index is -4.08. The van der Waals surface area contributed by atoms with Crippen LogP contribution in [0.15, 0.2) is 0 Å². The molecule has 19 heavy (non-hydrogen) atoms. The molecule has 0 aromatic rings. The molecule has 1 aliphatic heterocycles. The third kappa shape index (κ3) is 4.13. The quantitative estimate of drug-likeness (QED) is 0.650. The number of rotatable bonds is 6. The highest BCUT2D eigenvalue weighted by Gasteiger charge is 2.42. The summed E-state index contributed by atoms with van der Waals surface area (Å²) in [4.78, 5) is 11.0. The molecule has 0 aromatic heterocycles. The van der Waals surface area contributed by atoms with Gasteiger partial charge in [0.1, 0.15) is 0 Å². The fraction of sp³-hybridized carbons (Fsp3) is 0.889. The Morgan fingerprint density at radius 3 is 2.32 bits per heavy atom. The molecule has 0 amide bonds. The number of carbonyl (C=O) groups is 1. The van der Waals surface area contributed by atoms with Crippen molar-refractivity contribution in [2.75, 3.05) is 31.1 Å². The lowest BCUT2D eigenvalue weighted by molar-refractivity contribution is -0.142. The number of sulfone groups is 1. The summed E-state index contributed by atoms with van der Waals surface area (Å²) >= 11 is 0. The molecule has 0 aromatic carbocycles. The molecule has 1 rings (SSSR count). The molecule has 1 heterocycles. The van der Waals surface area contributed by atoms with Crippen molar-refractivity contribution in [1.29, 1.82) is 0 Å². The van der Waals surface area contributed by atoms with E-state index in [1.54, 1.807) is 0 Å². The predicted molar refractivity (Wildman–Crippen MR) is 66.7 cm³/mol. The van der Waals surface area contributed by atoms with Crippen molar-refractivity contribution >= 4 is 25.8 Å². The van der Waals surface area contributed by atoms with E-state index in [0.717, 1.165) is 10.6 Å². The minimum absolute atomic E-state index is 0.00431. The first-order valence-electron chi connectivity index (χ1n) is 5.56. The number of sulfonamides is 1. The normalized spacial score (nSPS) is 24.8. The summed E-state index contributed by atoms with van der Waals surface area (Å²) < 4.78 is 52.3. The van der Waals surface area contributed by atoms with Gasteiger partial charge in [-0.1, -0.05) is 6.92 Å². The standard InChI is InChI=1S/C9H17NO7S2/c1-3-10(19(15,16)6-18(2,13)14)8-5-17-4-7(8)9(11)12/h7-8H,3-6H2,1-2H3,(H,11,12). The highest BCUT2D eigenvalue weighted by molar-refractivity contribution is 8.06. The maximum atomic E-state index is 12.0. The number of carboxylic acids is 1. The smallest absolute Gasteiger partial charge is 0.310 e. The minimum Gasteiger partial charge on any atom is -0.481 e. The third-order valence-electron chi connectivity index (χ3n) is 2.77. The van der Waals surface area contributed by atoms with Crippen molar-refractivity contribution in [3.63, 3.8) is 0 Å². The van der Waals surface area contributed by atoms with Crippen molar-refractivity contribution in [1.82, 2.24) is 4.31 Å². The van der Waals surface area contributed by atoms with E-state index in [9.17, 15) is 21.6 Å². The maximum Gasteiger partial charge on any atom is 0.310 e. The second kappa shape index (κ2) is 5.73. The zero-order chi connectivity index (χ0) is 14.8. The molecule has 2 atom stereocenters. The van der Waals surface area contributed by atoms with Crippen LogP contribution >= 0.6 is 0 Å². The van der Waals surface area contributed by atoms with Gasteiger partial charge in [0.2, 0.25) is 10.0 Å². The average Bonchev–Trinajstić information content (AvgIpc) is 2.62. The molecule has 2 unspecified atom stereocenters. The molecule has 0 aliphatic carbocycles. The van der Waals surface area contributed by atoms with Crippen molar-refractivity contribution in [2.24, 2.45) is 5.92 Å². The van der Waals surface area contributed by atoms with Crippen LogP contribution in [0.2, 0.25) is 0 Å². The summed E-state index contributed by atoms with van der Waals surface area (Å²) in [6, 6.07) is -0.866. The number of hydrogen-bond acceptors (Lipinski definition) is 6. The summed E-state index contributed by atoms with van der Waals surface area (Å²) in [5.41, 5.74) is 0. The van der Waals surface area contributed by atoms with Crippen LogP contribution in [0.3, 0.4) is 0 Å². The van der Waals surface area contributed by atoms with Crippen LogP contribution in [-0.4, -0.2) is 69.4 Å². The largest absolute Gasteiger partial charge is 0.481 e. The van der Waals surface area contributed by atoms with Gasteiger partial charge in [0.15, 0.2) is 14.9 Å². The second-order valence-corrected chi connectivity index (χ2v) is 8.84. The molecule has 112 valence electrons. The van der Waals surface area contributed by atoms with Gasteiger partial charge in [-0.15, -0.1) is 0 Å². The SMILES string of the molecule is CCN(C1COCC1C(=O)O)S(=O)(=O)CS(C)(=O)=O. The van der Waals surface area contributed by atoms with E-state index in [1.807, 2.05) is 0 Å². The Bertz CT molecular complexity index is 539. The van der Waals surface area contributed by atoms with E-state index >= 15 is 0 Å². The van der Waals surface area contributed by atoms with Gasteiger partial charge in [0.25, 0.3) is 0 Å². The molecule has 1 saturated heterocycles. The molecule has 0 radical (unpaired) electrons. The molecule has 0 spiro atoms. The van der Waals surface area contributed by atoms with Crippen LogP contribution in [0.25, 0.3) is 0 Å². The predicted octanol–water partition coefficient (Wildman–Crippen LogP) is -1.26. The summed E-state index contributed by atoms with van der Waals surface area (Å²) in [6.07, 6.45) is 0.818. The van der Waals surface area contributed by atoms with E-state index < -0.39 is 42.9 Å². The van der Waals surface area contributed by atoms with Gasteiger partial charge in [-0.2, -0.15) is 4.31 Å². The molecular weight excluding hydrogens is 298 g/mol. The lowest BCUT2D eigenvalue weighted by Gasteiger charge is -2.27. The van der Waals surface area contributed by atoms with Crippen LogP contribution < -0.4 is 0 Å². The number of likely N-dealkylation sites (N-methyl/N-ethyl adjacent to an activating group) is 1. The average molecular weight is 315 g/mol. The molecule has 0 bridgehead atoms. The molecule has 1 aliphatic rings. The third-order valence-corrected chi connectivity index (χ3v) is 6.92. The van der Waals surface area contributed by atoms with E-state index in [4.69, 9.17) is 9.84 Å². The number of ether oxygens (including phenoxy) is 1. The molecule has 10 heteroatoms. The number of hydrogen-bond donors (Lipinski definition) is 1. The van der Waals surface area contributed by atoms with E-state index in [0.29, 0.717) is 0 Å². The van der Waals surface area contributed by atoms with Crippen molar-refractivity contribution in [3.8, 4) is 0 Å². The zero-order valence-corrected chi connectivity index (χ0v) is 12.3. The molecule has 1 N–H and O–H groups in total. The van der Waals surface area contributed by atoms with Crippen LogP contribution in [0.1, 0.15) is 6.92 Å². The van der Waals surface area contributed by atoms with Crippen LogP contribution in [-0.2, 0) is 29.4 Å². The van der Waals surface area contributed by atoms with Gasteiger partial charge in [0.05, 0.1) is 25.2 Å². The molecule has 0 saturated carbocycles. The number of aliphatic carboxylic acids is 1. The first-order valence-corrected chi connectivity index (χ1v) is 9.23. The van der Waals surface area contributed by atoms with Crippen molar-refractivity contribution in [2.45, 2.75) is 13.0 Å². The van der Waals surface area contributed by atoms with E-state index in [-0.39, 0.29) is 19.8 Å². The fourth-order valence-corrected chi connectivity index (χ4v) is 5.76. The van der Waals surface area contributed by atoms with Crippen molar-refractivity contribution < 1.29 is 31.5 Å². The van der Waals surface area contributed by atoms with E-state index in [2.05, 4.69) is 0 Å². The molecule has 8 nitrogen and oxygen atoms in total. The summed E-state index contributed by atoms with van der Waals surface area (Å²) in [5, 5.41) is 7.98. The Kier molecular flexibility index (Phi) is 4.93. The highest BCUT2D eigenvalue weighted by atomic mass is 32.3. The Morgan fingerprint density at radius 2 is 1.89 bits per heavy atom. The Labute approximate surface area is 112 Å². The summed E-state index contributed by atoms with van der Waals surface area (Å²) in [5.74, 6) is -2.13. The Hall–Kier alpha value is -0.710. The zero-order valence-electron chi connectivity index (χ0n) is 10.6. The van der Waals surface area contributed by atoms with Crippen LogP contribution in [0.4, 0.5) is 0 Å². The summed E-state index contributed by atoms with van der Waals surface area (Å²) in [7, 11) is -7.80. The topological polar surface area (TPSA) is 118 Å². The van der Waals surface area contributed by atoms with Gasteiger partial charge in [-0.05, 0) is 0 Å². The fourth-order valence-electron chi connectivity index (χ4n) is 2.04.